The molecular weight excluding hydrogens is 260 g/mol. The van der Waals surface area contributed by atoms with Crippen molar-refractivity contribution in [1.29, 1.82) is 0 Å². The first-order chi connectivity index (χ1) is 9.09. The fourth-order valence-electron chi connectivity index (χ4n) is 2.28. The zero-order valence-electron chi connectivity index (χ0n) is 10.4. The summed E-state index contributed by atoms with van der Waals surface area (Å²) in [5, 5.41) is 6.80. The summed E-state index contributed by atoms with van der Waals surface area (Å²) in [7, 11) is 0. The lowest BCUT2D eigenvalue weighted by atomic mass is 9.88. The second-order valence-corrected chi connectivity index (χ2v) is 5.20. The van der Waals surface area contributed by atoms with E-state index in [-0.39, 0.29) is 5.91 Å². The number of anilines is 2. The van der Waals surface area contributed by atoms with Crippen molar-refractivity contribution in [1.82, 2.24) is 0 Å². The van der Waals surface area contributed by atoms with Crippen LogP contribution in [-0.4, -0.2) is 5.91 Å². The molecule has 0 saturated carbocycles. The minimum Gasteiger partial charge on any atom is -0.366 e. The fraction of sp³-hybridized carbons (Fsp3) is 0.133. The number of hydrogen-bond donors (Lipinski definition) is 2. The number of nitrogens with one attached hydrogen (secondary N) is 2. The van der Waals surface area contributed by atoms with Crippen LogP contribution in [0.4, 0.5) is 11.4 Å². The molecule has 1 aliphatic rings. The van der Waals surface area contributed by atoms with Crippen LogP contribution < -0.4 is 10.6 Å². The Bertz CT molecular complexity index is 642. The smallest absolute Gasteiger partial charge is 0.254 e. The monoisotopic (exact) mass is 272 g/mol. The van der Waals surface area contributed by atoms with Gasteiger partial charge in [0, 0.05) is 5.02 Å². The van der Waals surface area contributed by atoms with Crippen LogP contribution >= 0.6 is 11.6 Å². The summed E-state index contributed by atoms with van der Waals surface area (Å²) in [5.74, 6) is -0.0894. The number of carbonyl (C=O) groups excluding carboxylic acids is 1. The molecule has 0 radical (unpaired) electrons. The molecule has 1 atom stereocenters. The van der Waals surface area contributed by atoms with E-state index in [0.717, 1.165) is 11.3 Å². The van der Waals surface area contributed by atoms with Gasteiger partial charge in [-0.15, -0.1) is 0 Å². The molecule has 96 valence electrons. The first-order valence-electron chi connectivity index (χ1n) is 6.04. The van der Waals surface area contributed by atoms with E-state index in [2.05, 4.69) is 10.6 Å². The second-order valence-electron chi connectivity index (χ2n) is 4.76. The molecule has 0 aromatic heterocycles. The minimum atomic E-state index is -0.776. The summed E-state index contributed by atoms with van der Waals surface area (Å²) < 4.78 is 0. The predicted octanol–water partition coefficient (Wildman–Crippen LogP) is 3.62. The van der Waals surface area contributed by atoms with Crippen LogP contribution in [0.15, 0.2) is 48.5 Å². The third kappa shape index (κ3) is 1.96. The molecule has 1 heterocycles. The van der Waals surface area contributed by atoms with Crippen molar-refractivity contribution in [2.24, 2.45) is 0 Å². The van der Waals surface area contributed by atoms with Gasteiger partial charge in [0.15, 0.2) is 0 Å². The van der Waals surface area contributed by atoms with E-state index in [1.54, 1.807) is 12.1 Å². The van der Waals surface area contributed by atoms with Crippen molar-refractivity contribution in [2.75, 3.05) is 10.6 Å². The van der Waals surface area contributed by atoms with Crippen molar-refractivity contribution in [2.45, 2.75) is 12.5 Å². The van der Waals surface area contributed by atoms with Gasteiger partial charge in [-0.25, -0.2) is 0 Å². The number of carbonyl (C=O) groups is 1. The van der Waals surface area contributed by atoms with Gasteiger partial charge in [-0.3, -0.25) is 4.79 Å². The molecule has 0 bridgehead atoms. The zero-order chi connectivity index (χ0) is 13.5. The Balaban J connectivity index is 2.07. The maximum Gasteiger partial charge on any atom is 0.254 e. The number of amides is 1. The number of rotatable bonds is 1. The Morgan fingerprint density at radius 3 is 2.53 bits per heavy atom. The number of benzene rings is 2. The van der Waals surface area contributed by atoms with Gasteiger partial charge >= 0.3 is 0 Å². The predicted molar refractivity (Wildman–Crippen MR) is 77.5 cm³/mol. The van der Waals surface area contributed by atoms with Gasteiger partial charge < -0.3 is 10.6 Å². The number of halogens is 1. The van der Waals surface area contributed by atoms with E-state index >= 15 is 0 Å². The average Bonchev–Trinajstić information content (AvgIpc) is 2.42. The summed E-state index contributed by atoms with van der Waals surface area (Å²) in [5.41, 5.74) is 1.73. The van der Waals surface area contributed by atoms with Gasteiger partial charge in [0.05, 0.1) is 11.4 Å². The van der Waals surface area contributed by atoms with Gasteiger partial charge in [-0.05, 0) is 30.7 Å². The molecule has 0 spiro atoms. The van der Waals surface area contributed by atoms with Gasteiger partial charge in [0.25, 0.3) is 5.91 Å². The molecule has 3 rings (SSSR count). The largest absolute Gasteiger partial charge is 0.366 e. The molecule has 1 unspecified atom stereocenters. The van der Waals surface area contributed by atoms with Crippen LogP contribution in [0.1, 0.15) is 12.5 Å². The van der Waals surface area contributed by atoms with E-state index in [1.165, 1.54) is 0 Å². The van der Waals surface area contributed by atoms with Crippen molar-refractivity contribution in [3.05, 3.63) is 59.1 Å². The molecule has 1 amide bonds. The Morgan fingerprint density at radius 1 is 1.05 bits per heavy atom. The molecule has 0 saturated heterocycles. The lowest BCUT2D eigenvalue weighted by molar-refractivity contribution is -0.120. The highest BCUT2D eigenvalue weighted by Crippen LogP contribution is 2.37. The molecular formula is C15H13ClN2O. The van der Waals surface area contributed by atoms with Crippen molar-refractivity contribution < 1.29 is 4.79 Å². The van der Waals surface area contributed by atoms with Crippen molar-refractivity contribution >= 4 is 28.9 Å². The van der Waals surface area contributed by atoms with E-state index in [4.69, 9.17) is 11.6 Å². The van der Waals surface area contributed by atoms with Gasteiger partial charge in [0.2, 0.25) is 0 Å². The molecule has 2 N–H and O–H groups in total. The normalized spacial score (nSPS) is 21.3. The standard InChI is InChI=1S/C15H13ClN2O/c1-15(10-5-3-2-4-6-10)14(19)17-13-9-11(16)7-8-12(13)18-15/h2-9,18H,1H3,(H,17,19). The fourth-order valence-corrected chi connectivity index (χ4v) is 2.45. The maximum atomic E-state index is 12.4. The molecule has 0 aliphatic carbocycles. The summed E-state index contributed by atoms with van der Waals surface area (Å²) in [6.45, 7) is 1.87. The van der Waals surface area contributed by atoms with Crippen LogP contribution in [0.25, 0.3) is 0 Å². The Kier molecular flexibility index (Phi) is 2.72. The number of fused-ring (bicyclic) bond motifs is 1. The topological polar surface area (TPSA) is 41.1 Å². The third-order valence-corrected chi connectivity index (χ3v) is 3.65. The summed E-state index contributed by atoms with van der Waals surface area (Å²) in [4.78, 5) is 12.4. The summed E-state index contributed by atoms with van der Waals surface area (Å²) >= 11 is 5.93. The second kappa shape index (κ2) is 4.28. The van der Waals surface area contributed by atoms with E-state index < -0.39 is 5.54 Å². The maximum absolute atomic E-state index is 12.4. The highest BCUT2D eigenvalue weighted by molar-refractivity contribution is 6.31. The SMILES string of the molecule is CC1(c2ccccc2)Nc2ccc(Cl)cc2NC1=O. The highest BCUT2D eigenvalue weighted by atomic mass is 35.5. The first kappa shape index (κ1) is 12.1. The Hall–Kier alpha value is -2.00. The molecule has 4 heteroatoms. The Labute approximate surface area is 116 Å². The third-order valence-electron chi connectivity index (χ3n) is 3.42. The quantitative estimate of drug-likeness (QED) is 0.832. The van der Waals surface area contributed by atoms with Crippen molar-refractivity contribution in [3.8, 4) is 0 Å². The van der Waals surface area contributed by atoms with E-state index in [9.17, 15) is 4.79 Å². The number of hydrogen-bond acceptors (Lipinski definition) is 2. The lowest BCUT2D eigenvalue weighted by Gasteiger charge is -2.36. The summed E-state index contributed by atoms with van der Waals surface area (Å²) in [6, 6.07) is 15.1. The molecule has 1 aliphatic heterocycles. The van der Waals surface area contributed by atoms with Gasteiger partial charge in [0.1, 0.15) is 5.54 Å². The lowest BCUT2D eigenvalue weighted by Crippen LogP contribution is -2.47. The molecule has 19 heavy (non-hydrogen) atoms. The van der Waals surface area contributed by atoms with E-state index in [0.29, 0.717) is 10.7 Å². The van der Waals surface area contributed by atoms with Crippen LogP contribution in [0, 0.1) is 0 Å². The zero-order valence-corrected chi connectivity index (χ0v) is 11.2. The van der Waals surface area contributed by atoms with Gasteiger partial charge in [-0.2, -0.15) is 0 Å². The van der Waals surface area contributed by atoms with Crippen LogP contribution in [-0.2, 0) is 10.3 Å². The van der Waals surface area contributed by atoms with Crippen LogP contribution in [0.3, 0.4) is 0 Å². The van der Waals surface area contributed by atoms with Crippen molar-refractivity contribution in [3.63, 3.8) is 0 Å². The van der Waals surface area contributed by atoms with Gasteiger partial charge in [-0.1, -0.05) is 41.9 Å². The highest BCUT2D eigenvalue weighted by Gasteiger charge is 2.39. The molecule has 2 aromatic carbocycles. The Morgan fingerprint density at radius 2 is 1.79 bits per heavy atom. The first-order valence-corrected chi connectivity index (χ1v) is 6.42. The molecule has 0 fully saturated rings. The molecule has 2 aromatic rings. The van der Waals surface area contributed by atoms with E-state index in [1.807, 2.05) is 43.3 Å². The average molecular weight is 273 g/mol. The molecule has 3 nitrogen and oxygen atoms in total. The van der Waals surface area contributed by atoms with Crippen LogP contribution in [0.5, 0.6) is 0 Å². The minimum absolute atomic E-state index is 0.0894. The van der Waals surface area contributed by atoms with Crippen LogP contribution in [0.2, 0.25) is 5.02 Å². The summed E-state index contributed by atoms with van der Waals surface area (Å²) in [6.07, 6.45) is 0.